The molecule has 5 heterocycles. The highest BCUT2D eigenvalue weighted by atomic mass is 16.5. The summed E-state index contributed by atoms with van der Waals surface area (Å²) in [5, 5.41) is 15.1. The zero-order valence-corrected chi connectivity index (χ0v) is 29.3. The number of oxazole rings is 1. The number of hydrogen-bond acceptors (Lipinski definition) is 10. The first kappa shape index (κ1) is 33.7. The fourth-order valence-electron chi connectivity index (χ4n) is 7.32. The van der Waals surface area contributed by atoms with E-state index in [1.807, 2.05) is 36.4 Å². The predicted octanol–water partition coefficient (Wildman–Crippen LogP) is 6.78. The van der Waals surface area contributed by atoms with Crippen molar-refractivity contribution < 1.29 is 32.6 Å². The summed E-state index contributed by atoms with van der Waals surface area (Å²) in [4.78, 5) is 60.9. The fourth-order valence-corrected chi connectivity index (χ4v) is 7.32. The van der Waals surface area contributed by atoms with Crippen molar-refractivity contribution >= 4 is 56.8 Å². The molecular formula is C41H33N7O7. The van der Waals surface area contributed by atoms with Crippen LogP contribution in [0.4, 0.5) is 11.4 Å². The molecule has 14 nitrogen and oxygen atoms in total. The first-order valence-corrected chi connectivity index (χ1v) is 18.0. The van der Waals surface area contributed by atoms with E-state index < -0.39 is 12.1 Å². The van der Waals surface area contributed by atoms with Crippen molar-refractivity contribution in [3.8, 4) is 22.8 Å². The number of hydrogen-bond donors (Lipinski definition) is 2. The number of nitrogens with one attached hydrogen (secondary N) is 2. The minimum atomic E-state index is -0.641. The molecule has 0 spiro atoms. The molecule has 274 valence electrons. The third-order valence-electron chi connectivity index (χ3n) is 10.1. The average molecular weight is 736 g/mol. The van der Waals surface area contributed by atoms with Crippen LogP contribution >= 0.6 is 0 Å². The second-order valence-electron chi connectivity index (χ2n) is 13.5. The number of nitrogens with zero attached hydrogens (tertiary/aromatic N) is 5. The lowest BCUT2D eigenvalue weighted by Crippen LogP contribution is -2.43. The van der Waals surface area contributed by atoms with Crippen molar-refractivity contribution in [1.82, 2.24) is 25.1 Å². The molecule has 2 aliphatic rings. The zero-order chi connectivity index (χ0) is 37.5. The van der Waals surface area contributed by atoms with Crippen LogP contribution in [0.1, 0.15) is 46.8 Å². The second kappa shape index (κ2) is 14.0. The van der Waals surface area contributed by atoms with Gasteiger partial charge in [0.05, 0.1) is 17.0 Å². The lowest BCUT2D eigenvalue weighted by molar-refractivity contribution is -0.120. The molecule has 4 aromatic carbocycles. The Kier molecular flexibility index (Phi) is 8.61. The maximum Gasteiger partial charge on any atom is 0.293 e. The van der Waals surface area contributed by atoms with Crippen LogP contribution < -0.4 is 10.6 Å². The average Bonchev–Trinajstić information content (AvgIpc) is 4.07. The molecule has 2 atom stereocenters. The molecule has 4 amide bonds. The maximum absolute atomic E-state index is 13.4. The highest BCUT2D eigenvalue weighted by Crippen LogP contribution is 2.30. The lowest BCUT2D eigenvalue weighted by Gasteiger charge is -2.23. The van der Waals surface area contributed by atoms with E-state index in [0.29, 0.717) is 89.2 Å². The summed E-state index contributed by atoms with van der Waals surface area (Å²) < 4.78 is 16.8. The normalized spacial score (nSPS) is 16.9. The Hall–Kier alpha value is -7.09. The largest absolute Gasteiger partial charge is 0.436 e. The van der Waals surface area contributed by atoms with Crippen LogP contribution in [0.3, 0.4) is 0 Å². The van der Waals surface area contributed by atoms with Crippen LogP contribution in [0, 0.1) is 0 Å². The third-order valence-corrected chi connectivity index (χ3v) is 10.1. The van der Waals surface area contributed by atoms with Crippen LogP contribution in [0.25, 0.3) is 44.6 Å². The lowest BCUT2D eigenvalue weighted by atomic mass is 10.1. The standard InChI is InChI=1S/C41H33N7O7/c49-37(32-11-5-21-47(32)40(51)35-28-7-1-3-9-30(28)45-54-35)43-26-17-13-24(14-18-26)34-23-42-39(53-34)25-15-19-27(20-16-25)44-38(50)33-12-6-22-48(33)41(52)36-29-8-2-4-10-31(29)46-55-36/h1-4,7-10,13-20,23,32-33H,5-6,11-12,21-22H2,(H,43,49)(H,44,50). The Morgan fingerprint density at radius 1 is 0.600 bits per heavy atom. The summed E-state index contributed by atoms with van der Waals surface area (Å²) in [6.07, 6.45) is 4.10. The van der Waals surface area contributed by atoms with Crippen molar-refractivity contribution in [2.75, 3.05) is 23.7 Å². The maximum atomic E-state index is 13.4. The Morgan fingerprint density at radius 3 is 1.58 bits per heavy atom. The molecule has 2 N–H and O–H groups in total. The van der Waals surface area contributed by atoms with Gasteiger partial charge in [0.1, 0.15) is 23.1 Å². The van der Waals surface area contributed by atoms with Crippen molar-refractivity contribution in [1.29, 1.82) is 0 Å². The van der Waals surface area contributed by atoms with Gasteiger partial charge in [-0.1, -0.05) is 34.6 Å². The molecule has 0 bridgehead atoms. The second-order valence-corrected chi connectivity index (χ2v) is 13.5. The SMILES string of the molecule is O=C(Nc1ccc(-c2cnc(-c3ccc(NC(=O)C4CCCN4C(=O)c4onc5ccccc45)cc3)o2)cc1)C1CCCN1C(=O)c1onc2ccccc12. The summed E-state index contributed by atoms with van der Waals surface area (Å²) >= 11 is 0. The molecule has 14 heteroatoms. The van der Waals surface area contributed by atoms with Gasteiger partial charge in [0.2, 0.25) is 29.2 Å². The number of fused-ring (bicyclic) bond motifs is 2. The predicted molar refractivity (Wildman–Crippen MR) is 201 cm³/mol. The molecular weight excluding hydrogens is 702 g/mol. The van der Waals surface area contributed by atoms with Gasteiger partial charge in [-0.2, -0.15) is 0 Å². The molecule has 0 saturated carbocycles. The molecule has 2 fully saturated rings. The van der Waals surface area contributed by atoms with Gasteiger partial charge in [-0.3, -0.25) is 19.2 Å². The van der Waals surface area contributed by atoms with Crippen LogP contribution in [-0.4, -0.2) is 73.9 Å². The first-order valence-electron chi connectivity index (χ1n) is 18.0. The summed E-state index contributed by atoms with van der Waals surface area (Å²) in [6.45, 7) is 0.889. The van der Waals surface area contributed by atoms with E-state index in [0.717, 1.165) is 5.56 Å². The number of carbonyl (C=O) groups excluding carboxylic acids is 4. The molecule has 0 radical (unpaired) electrons. The summed E-state index contributed by atoms with van der Waals surface area (Å²) in [6, 6.07) is 27.4. The van der Waals surface area contributed by atoms with Gasteiger partial charge in [0, 0.05) is 35.6 Å². The Labute approximate surface area is 313 Å². The van der Waals surface area contributed by atoms with Crippen molar-refractivity contribution in [3.63, 3.8) is 0 Å². The van der Waals surface area contributed by atoms with E-state index in [9.17, 15) is 19.2 Å². The summed E-state index contributed by atoms with van der Waals surface area (Å²) in [7, 11) is 0. The van der Waals surface area contributed by atoms with Gasteiger partial charge in [0.15, 0.2) is 5.76 Å². The third kappa shape index (κ3) is 6.37. The number of carbonyl (C=O) groups is 4. The minimum Gasteiger partial charge on any atom is -0.436 e. The van der Waals surface area contributed by atoms with E-state index in [1.54, 1.807) is 76.7 Å². The molecule has 7 aromatic rings. The van der Waals surface area contributed by atoms with E-state index in [-0.39, 0.29) is 35.1 Å². The van der Waals surface area contributed by atoms with Gasteiger partial charge >= 0.3 is 0 Å². The van der Waals surface area contributed by atoms with E-state index >= 15 is 0 Å². The molecule has 3 aromatic heterocycles. The number of likely N-dealkylation sites (tertiary alicyclic amines) is 2. The van der Waals surface area contributed by atoms with Crippen LogP contribution in [-0.2, 0) is 9.59 Å². The number of amides is 4. The van der Waals surface area contributed by atoms with Gasteiger partial charge < -0.3 is 33.9 Å². The Bertz CT molecular complexity index is 2400. The van der Waals surface area contributed by atoms with Gasteiger partial charge in [-0.25, -0.2) is 4.98 Å². The molecule has 0 aliphatic carbocycles. The quantitative estimate of drug-likeness (QED) is 0.169. The number of aromatic nitrogens is 3. The van der Waals surface area contributed by atoms with Gasteiger partial charge in [0.25, 0.3) is 11.8 Å². The topological polar surface area (TPSA) is 177 Å². The first-order chi connectivity index (χ1) is 26.9. The van der Waals surface area contributed by atoms with Crippen LogP contribution in [0.5, 0.6) is 0 Å². The molecule has 55 heavy (non-hydrogen) atoms. The van der Waals surface area contributed by atoms with E-state index in [1.165, 1.54) is 0 Å². The number of anilines is 2. The highest BCUT2D eigenvalue weighted by Gasteiger charge is 2.38. The zero-order valence-electron chi connectivity index (χ0n) is 29.3. The van der Waals surface area contributed by atoms with Crippen LogP contribution in [0.15, 0.2) is 117 Å². The van der Waals surface area contributed by atoms with Crippen molar-refractivity contribution in [2.45, 2.75) is 37.8 Å². The van der Waals surface area contributed by atoms with E-state index in [4.69, 9.17) is 13.5 Å². The Morgan fingerprint density at radius 2 is 1.07 bits per heavy atom. The highest BCUT2D eigenvalue weighted by molar-refractivity contribution is 6.07. The molecule has 2 aliphatic heterocycles. The number of rotatable bonds is 8. The summed E-state index contributed by atoms with van der Waals surface area (Å²) in [5.74, 6) is -0.0918. The van der Waals surface area contributed by atoms with Crippen molar-refractivity contribution in [3.05, 3.63) is 115 Å². The van der Waals surface area contributed by atoms with Gasteiger partial charge in [-0.15, -0.1) is 0 Å². The Balaban J connectivity index is 0.814. The molecule has 2 unspecified atom stereocenters. The molecule has 9 rings (SSSR count). The van der Waals surface area contributed by atoms with Crippen LogP contribution in [0.2, 0.25) is 0 Å². The molecule has 2 saturated heterocycles. The fraction of sp³-hybridized carbons (Fsp3) is 0.195. The minimum absolute atomic E-state index is 0.131. The van der Waals surface area contributed by atoms with E-state index in [2.05, 4.69) is 25.9 Å². The monoisotopic (exact) mass is 735 g/mol. The smallest absolute Gasteiger partial charge is 0.293 e. The summed E-state index contributed by atoms with van der Waals surface area (Å²) in [5.41, 5.74) is 3.78. The number of benzene rings is 4. The van der Waals surface area contributed by atoms with Gasteiger partial charge in [-0.05, 0) is 98.5 Å². The van der Waals surface area contributed by atoms with Crippen molar-refractivity contribution in [2.24, 2.45) is 0 Å².